The molecular weight excluding hydrogens is 368 g/mol. The van der Waals surface area contributed by atoms with E-state index in [1.54, 1.807) is 31.4 Å². The van der Waals surface area contributed by atoms with E-state index in [1.165, 1.54) is 23.1 Å². The SMILES string of the molecule is COc1ccc(NC(=O)CSc2nnc(Nc3ccccc3C)s2)cc1. The number of hydrogen-bond acceptors (Lipinski definition) is 7. The second-order valence-electron chi connectivity index (χ2n) is 5.38. The first kappa shape index (κ1) is 18.2. The van der Waals surface area contributed by atoms with Crippen LogP contribution in [0.15, 0.2) is 52.9 Å². The van der Waals surface area contributed by atoms with Crippen LogP contribution in [-0.2, 0) is 4.79 Å². The molecule has 0 aliphatic rings. The van der Waals surface area contributed by atoms with E-state index in [0.29, 0.717) is 5.13 Å². The van der Waals surface area contributed by atoms with Gasteiger partial charge in [-0.15, -0.1) is 10.2 Å². The molecule has 0 radical (unpaired) electrons. The molecule has 0 spiro atoms. The third kappa shape index (κ3) is 4.96. The fraction of sp³-hybridized carbons (Fsp3) is 0.167. The number of nitrogens with one attached hydrogen (secondary N) is 2. The summed E-state index contributed by atoms with van der Waals surface area (Å²) < 4.78 is 5.84. The van der Waals surface area contributed by atoms with E-state index < -0.39 is 0 Å². The van der Waals surface area contributed by atoms with Crippen molar-refractivity contribution >= 4 is 45.5 Å². The molecule has 3 aromatic rings. The molecule has 2 aromatic carbocycles. The second kappa shape index (κ2) is 8.68. The first-order valence-corrected chi connectivity index (χ1v) is 9.67. The molecule has 1 aromatic heterocycles. The fourth-order valence-corrected chi connectivity index (χ4v) is 3.71. The molecule has 1 heterocycles. The summed E-state index contributed by atoms with van der Waals surface area (Å²) in [6, 6.07) is 15.2. The summed E-state index contributed by atoms with van der Waals surface area (Å²) in [6.07, 6.45) is 0. The van der Waals surface area contributed by atoms with E-state index in [1.807, 2.05) is 31.2 Å². The molecule has 0 bridgehead atoms. The van der Waals surface area contributed by atoms with E-state index in [-0.39, 0.29) is 11.7 Å². The van der Waals surface area contributed by atoms with Crippen molar-refractivity contribution in [3.05, 3.63) is 54.1 Å². The lowest BCUT2D eigenvalue weighted by atomic mass is 10.2. The van der Waals surface area contributed by atoms with Crippen LogP contribution in [0.25, 0.3) is 0 Å². The van der Waals surface area contributed by atoms with Crippen molar-refractivity contribution in [1.29, 1.82) is 0 Å². The summed E-state index contributed by atoms with van der Waals surface area (Å²) in [7, 11) is 1.61. The van der Waals surface area contributed by atoms with E-state index in [2.05, 4.69) is 20.8 Å². The van der Waals surface area contributed by atoms with Gasteiger partial charge in [-0.05, 0) is 42.8 Å². The van der Waals surface area contributed by atoms with Crippen LogP contribution in [0.1, 0.15) is 5.56 Å². The van der Waals surface area contributed by atoms with Gasteiger partial charge in [0.25, 0.3) is 0 Å². The van der Waals surface area contributed by atoms with Crippen LogP contribution in [0.2, 0.25) is 0 Å². The zero-order chi connectivity index (χ0) is 18.4. The van der Waals surface area contributed by atoms with Gasteiger partial charge in [0, 0.05) is 11.4 Å². The summed E-state index contributed by atoms with van der Waals surface area (Å²) in [4.78, 5) is 12.1. The minimum absolute atomic E-state index is 0.0937. The Labute approximate surface area is 160 Å². The lowest BCUT2D eigenvalue weighted by Gasteiger charge is -2.05. The summed E-state index contributed by atoms with van der Waals surface area (Å²) in [5, 5.41) is 15.0. The van der Waals surface area contributed by atoms with Crippen LogP contribution in [0.4, 0.5) is 16.5 Å². The predicted molar refractivity (Wildman–Crippen MR) is 107 cm³/mol. The molecule has 0 saturated heterocycles. The van der Waals surface area contributed by atoms with Crippen LogP contribution < -0.4 is 15.4 Å². The first-order valence-electron chi connectivity index (χ1n) is 7.87. The third-order valence-corrected chi connectivity index (χ3v) is 5.47. The van der Waals surface area contributed by atoms with Gasteiger partial charge in [-0.3, -0.25) is 4.79 Å². The number of benzene rings is 2. The highest BCUT2D eigenvalue weighted by Gasteiger charge is 2.09. The quantitative estimate of drug-likeness (QED) is 0.589. The van der Waals surface area contributed by atoms with Crippen LogP contribution in [0.3, 0.4) is 0 Å². The Balaban J connectivity index is 1.51. The van der Waals surface area contributed by atoms with Crippen LogP contribution in [-0.4, -0.2) is 29.0 Å². The number of ether oxygens (including phenoxy) is 1. The average Bonchev–Trinajstić information content (AvgIpc) is 3.10. The fourth-order valence-electron chi connectivity index (χ4n) is 2.15. The number of methoxy groups -OCH3 is 1. The van der Waals surface area contributed by atoms with Gasteiger partial charge in [-0.2, -0.15) is 0 Å². The Hall–Kier alpha value is -2.58. The van der Waals surface area contributed by atoms with E-state index >= 15 is 0 Å². The van der Waals surface area contributed by atoms with Crippen LogP contribution >= 0.6 is 23.1 Å². The second-order valence-corrected chi connectivity index (χ2v) is 7.58. The maximum absolute atomic E-state index is 12.1. The number of hydrogen-bond donors (Lipinski definition) is 2. The molecule has 26 heavy (non-hydrogen) atoms. The lowest BCUT2D eigenvalue weighted by molar-refractivity contribution is -0.113. The number of aromatic nitrogens is 2. The van der Waals surface area contributed by atoms with Crippen molar-refractivity contribution in [3.63, 3.8) is 0 Å². The monoisotopic (exact) mass is 386 g/mol. The minimum Gasteiger partial charge on any atom is -0.497 e. The van der Waals surface area contributed by atoms with E-state index in [9.17, 15) is 4.79 Å². The maximum Gasteiger partial charge on any atom is 0.234 e. The van der Waals surface area contributed by atoms with Crippen molar-refractivity contribution in [2.45, 2.75) is 11.3 Å². The summed E-state index contributed by atoms with van der Waals surface area (Å²) in [6.45, 7) is 2.03. The van der Waals surface area contributed by atoms with Gasteiger partial charge >= 0.3 is 0 Å². The smallest absolute Gasteiger partial charge is 0.234 e. The highest BCUT2D eigenvalue weighted by molar-refractivity contribution is 8.01. The number of rotatable bonds is 7. The summed E-state index contributed by atoms with van der Waals surface area (Å²) in [5.41, 5.74) is 2.86. The molecule has 0 aliphatic carbocycles. The first-order chi connectivity index (χ1) is 12.6. The molecule has 0 fully saturated rings. The molecule has 0 saturated carbocycles. The number of carbonyl (C=O) groups is 1. The summed E-state index contributed by atoms with van der Waals surface area (Å²) >= 11 is 2.78. The van der Waals surface area contributed by atoms with Gasteiger partial charge in [0.05, 0.1) is 12.9 Å². The van der Waals surface area contributed by atoms with Crippen molar-refractivity contribution in [3.8, 4) is 5.75 Å². The number of carbonyl (C=O) groups excluding carboxylic acids is 1. The summed E-state index contributed by atoms with van der Waals surface area (Å²) in [5.74, 6) is 0.925. The molecule has 1 amide bonds. The molecule has 2 N–H and O–H groups in total. The van der Waals surface area contributed by atoms with E-state index in [4.69, 9.17) is 4.74 Å². The molecule has 0 aliphatic heterocycles. The zero-order valence-electron chi connectivity index (χ0n) is 14.4. The van der Waals surface area contributed by atoms with Gasteiger partial charge in [-0.25, -0.2) is 0 Å². The average molecular weight is 387 g/mol. The molecule has 6 nitrogen and oxygen atoms in total. The zero-order valence-corrected chi connectivity index (χ0v) is 16.0. The Morgan fingerprint density at radius 3 is 2.65 bits per heavy atom. The van der Waals surface area contributed by atoms with Crippen LogP contribution in [0, 0.1) is 6.92 Å². The Kier molecular flexibility index (Phi) is 6.08. The number of amides is 1. The van der Waals surface area contributed by atoms with Crippen molar-refractivity contribution in [2.75, 3.05) is 23.5 Å². The molecule has 8 heteroatoms. The predicted octanol–water partition coefficient (Wildman–Crippen LogP) is 4.33. The van der Waals surface area contributed by atoms with Gasteiger partial charge in [0.2, 0.25) is 11.0 Å². The molecule has 134 valence electrons. The number of aryl methyl sites for hydroxylation is 1. The normalized spacial score (nSPS) is 10.4. The number of nitrogens with zero attached hydrogens (tertiary/aromatic N) is 2. The van der Waals surface area contributed by atoms with Crippen LogP contribution in [0.5, 0.6) is 5.75 Å². The molecule has 0 unspecified atom stereocenters. The minimum atomic E-state index is -0.0937. The maximum atomic E-state index is 12.1. The van der Waals surface area contributed by atoms with Gasteiger partial charge < -0.3 is 15.4 Å². The topological polar surface area (TPSA) is 76.1 Å². The number of para-hydroxylation sites is 1. The number of thioether (sulfide) groups is 1. The van der Waals surface area contributed by atoms with Gasteiger partial charge in [-0.1, -0.05) is 41.3 Å². The number of anilines is 3. The van der Waals surface area contributed by atoms with Gasteiger partial charge in [0.15, 0.2) is 4.34 Å². The van der Waals surface area contributed by atoms with Crippen molar-refractivity contribution in [1.82, 2.24) is 10.2 Å². The Morgan fingerprint density at radius 1 is 1.15 bits per heavy atom. The largest absolute Gasteiger partial charge is 0.497 e. The highest BCUT2D eigenvalue weighted by Crippen LogP contribution is 2.28. The van der Waals surface area contributed by atoms with Gasteiger partial charge in [0.1, 0.15) is 5.75 Å². The van der Waals surface area contributed by atoms with E-state index in [0.717, 1.165) is 27.0 Å². The van der Waals surface area contributed by atoms with Crippen molar-refractivity contribution < 1.29 is 9.53 Å². The van der Waals surface area contributed by atoms with Crippen molar-refractivity contribution in [2.24, 2.45) is 0 Å². The molecule has 0 atom stereocenters. The molecule has 3 rings (SSSR count). The Morgan fingerprint density at radius 2 is 1.92 bits per heavy atom. The Bertz CT molecular complexity index is 881. The standard InChI is InChI=1S/C18H18N4O2S2/c1-12-5-3-4-6-15(12)20-17-21-22-18(26-17)25-11-16(23)19-13-7-9-14(24-2)10-8-13/h3-10H,11H2,1-2H3,(H,19,23)(H,20,21). The lowest BCUT2D eigenvalue weighted by Crippen LogP contribution is -2.13. The molecular formula is C18H18N4O2S2. The third-order valence-electron chi connectivity index (χ3n) is 3.49. The highest BCUT2D eigenvalue weighted by atomic mass is 32.2.